The molecule has 2 aliphatic rings. The zero-order valence-corrected chi connectivity index (χ0v) is 17.6. The van der Waals surface area contributed by atoms with Crippen molar-refractivity contribution >= 4 is 28.2 Å². The number of fused-ring (bicyclic) bond motifs is 2. The Hall–Kier alpha value is -2.51. The predicted octanol–water partition coefficient (Wildman–Crippen LogP) is 4.91. The largest absolute Gasteiger partial charge is 0.477 e. The van der Waals surface area contributed by atoms with E-state index in [2.05, 4.69) is 0 Å². The molecule has 1 unspecified atom stereocenters. The van der Waals surface area contributed by atoms with Crippen molar-refractivity contribution in [1.82, 2.24) is 4.57 Å². The van der Waals surface area contributed by atoms with E-state index < -0.39 is 23.3 Å². The summed E-state index contributed by atoms with van der Waals surface area (Å²) in [6.07, 6.45) is 4.29. The highest BCUT2D eigenvalue weighted by molar-refractivity contribution is 7.15. The molecule has 2 aliphatic carbocycles. The van der Waals surface area contributed by atoms with Crippen molar-refractivity contribution in [1.29, 1.82) is 0 Å². The van der Waals surface area contributed by atoms with Gasteiger partial charge in [-0.25, -0.2) is 9.18 Å². The zero-order chi connectivity index (χ0) is 21.4. The number of aromatic nitrogens is 1. The molecule has 2 aromatic heterocycles. The summed E-state index contributed by atoms with van der Waals surface area (Å²) in [5.74, 6) is -1.86. The monoisotopic (exact) mass is 427 g/mol. The van der Waals surface area contributed by atoms with E-state index in [1.807, 2.05) is 19.9 Å². The Morgan fingerprint density at radius 3 is 2.67 bits per heavy atom. The van der Waals surface area contributed by atoms with Crippen molar-refractivity contribution in [2.24, 2.45) is 5.41 Å². The second-order valence-electron chi connectivity index (χ2n) is 9.06. The smallest absolute Gasteiger partial charge is 0.341 e. The van der Waals surface area contributed by atoms with Gasteiger partial charge in [-0.3, -0.25) is 4.79 Å². The van der Waals surface area contributed by atoms with Gasteiger partial charge < -0.3 is 14.8 Å². The number of carboxylic acid groups (broad SMARTS) is 1. The molecule has 3 aromatic rings. The number of carboxylic acids is 1. The fourth-order valence-corrected chi connectivity index (χ4v) is 5.74. The van der Waals surface area contributed by atoms with Crippen LogP contribution in [0.25, 0.3) is 21.3 Å². The summed E-state index contributed by atoms with van der Waals surface area (Å²) in [5.41, 5.74) is 0.750. The molecule has 0 radical (unpaired) electrons. The molecule has 1 saturated carbocycles. The van der Waals surface area contributed by atoms with E-state index in [1.54, 1.807) is 10.6 Å². The molecule has 5 nitrogen and oxygen atoms in total. The normalized spacial score (nSPS) is 20.3. The number of aliphatic hydroxyl groups excluding tert-OH is 1. The van der Waals surface area contributed by atoms with Crippen molar-refractivity contribution in [3.8, 4) is 10.4 Å². The minimum absolute atomic E-state index is 0.0885. The van der Waals surface area contributed by atoms with E-state index in [0.717, 1.165) is 42.2 Å². The van der Waals surface area contributed by atoms with Crippen molar-refractivity contribution in [2.45, 2.75) is 51.7 Å². The van der Waals surface area contributed by atoms with Gasteiger partial charge >= 0.3 is 5.97 Å². The third-order valence-electron chi connectivity index (χ3n) is 6.43. The molecule has 2 heterocycles. The first-order valence-corrected chi connectivity index (χ1v) is 10.9. The van der Waals surface area contributed by atoms with E-state index in [9.17, 15) is 19.8 Å². The highest BCUT2D eigenvalue weighted by atomic mass is 32.1. The number of halogens is 1. The Bertz CT molecular complexity index is 1270. The molecule has 1 atom stereocenters. The van der Waals surface area contributed by atoms with Crippen molar-refractivity contribution in [3.63, 3.8) is 0 Å². The quantitative estimate of drug-likeness (QED) is 0.623. The number of carbonyl (C=O) groups is 1. The topological polar surface area (TPSA) is 79.5 Å². The zero-order valence-electron chi connectivity index (χ0n) is 16.7. The Labute approximate surface area is 176 Å². The summed E-state index contributed by atoms with van der Waals surface area (Å²) in [7, 11) is 0. The van der Waals surface area contributed by atoms with Gasteiger partial charge in [0.1, 0.15) is 11.4 Å². The fraction of sp³-hybridized carbons (Fsp3) is 0.391. The summed E-state index contributed by atoms with van der Waals surface area (Å²) >= 11 is 1.39. The number of hydrogen-bond donors (Lipinski definition) is 2. The van der Waals surface area contributed by atoms with Crippen LogP contribution in [0.15, 0.2) is 29.2 Å². The summed E-state index contributed by atoms with van der Waals surface area (Å²) in [5, 5.41) is 20.2. The molecule has 0 aliphatic heterocycles. The van der Waals surface area contributed by atoms with Gasteiger partial charge in [0.05, 0.1) is 11.6 Å². The van der Waals surface area contributed by atoms with E-state index in [1.165, 1.54) is 17.5 Å². The molecule has 30 heavy (non-hydrogen) atoms. The first-order chi connectivity index (χ1) is 14.2. The Morgan fingerprint density at radius 1 is 1.27 bits per heavy atom. The third-order valence-corrected chi connectivity index (χ3v) is 7.69. The average molecular weight is 427 g/mol. The van der Waals surface area contributed by atoms with Crippen LogP contribution in [0.5, 0.6) is 0 Å². The second kappa shape index (κ2) is 6.49. The minimum Gasteiger partial charge on any atom is -0.477 e. The summed E-state index contributed by atoms with van der Waals surface area (Å²) in [6, 6.07) is 4.89. The van der Waals surface area contributed by atoms with Crippen molar-refractivity contribution in [3.05, 3.63) is 56.4 Å². The number of aromatic carboxylic acids is 1. The van der Waals surface area contributed by atoms with Gasteiger partial charge in [0.25, 0.3) is 0 Å². The van der Waals surface area contributed by atoms with Crippen LogP contribution in [-0.2, 0) is 6.42 Å². The molecule has 0 bridgehead atoms. The van der Waals surface area contributed by atoms with Crippen LogP contribution in [0, 0.1) is 11.2 Å². The molecule has 1 aromatic carbocycles. The van der Waals surface area contributed by atoms with Crippen LogP contribution >= 0.6 is 11.3 Å². The number of hydrogen-bond acceptors (Lipinski definition) is 4. The van der Waals surface area contributed by atoms with Gasteiger partial charge in [-0.2, -0.15) is 0 Å². The third kappa shape index (κ3) is 2.91. The van der Waals surface area contributed by atoms with Crippen molar-refractivity contribution < 1.29 is 19.4 Å². The molecule has 0 saturated heterocycles. The second-order valence-corrected chi connectivity index (χ2v) is 10.1. The number of aliphatic hydroxyl groups is 1. The van der Waals surface area contributed by atoms with Gasteiger partial charge in [-0.15, -0.1) is 11.3 Å². The van der Waals surface area contributed by atoms with Crippen LogP contribution in [0.2, 0.25) is 0 Å². The molecule has 5 rings (SSSR count). The molecule has 7 heteroatoms. The van der Waals surface area contributed by atoms with Crippen LogP contribution in [0.1, 0.15) is 66.1 Å². The molecule has 1 fully saturated rings. The number of rotatable bonds is 3. The highest BCUT2D eigenvalue weighted by Gasteiger charge is 2.36. The van der Waals surface area contributed by atoms with Crippen LogP contribution in [0.3, 0.4) is 0 Å². The first kappa shape index (κ1) is 19.5. The lowest BCUT2D eigenvalue weighted by atomic mass is 9.75. The van der Waals surface area contributed by atoms with Gasteiger partial charge in [0.15, 0.2) is 0 Å². The molecular formula is C23H22FNO4S. The van der Waals surface area contributed by atoms with Gasteiger partial charge in [0, 0.05) is 32.9 Å². The van der Waals surface area contributed by atoms with E-state index in [0.29, 0.717) is 16.0 Å². The Morgan fingerprint density at radius 2 is 2.00 bits per heavy atom. The average Bonchev–Trinajstić information content (AvgIpc) is 3.43. The van der Waals surface area contributed by atoms with Gasteiger partial charge in [-0.05, 0) is 54.9 Å². The van der Waals surface area contributed by atoms with Crippen molar-refractivity contribution in [2.75, 3.05) is 0 Å². The Kier molecular flexibility index (Phi) is 4.21. The van der Waals surface area contributed by atoms with Gasteiger partial charge in [0.2, 0.25) is 5.43 Å². The summed E-state index contributed by atoms with van der Waals surface area (Å²) in [4.78, 5) is 25.7. The fourth-order valence-electron chi connectivity index (χ4n) is 4.32. The summed E-state index contributed by atoms with van der Waals surface area (Å²) < 4.78 is 16.9. The maximum absolute atomic E-state index is 15.1. The molecule has 0 amide bonds. The lowest BCUT2D eigenvalue weighted by Gasteiger charge is -2.34. The SMILES string of the molecule is CC1(C)CCc2cc(-c3cc4c(cc3F)c(=O)c(C(=O)O)cn4C3CC3)sc2C1O. The highest BCUT2D eigenvalue weighted by Crippen LogP contribution is 2.49. The van der Waals surface area contributed by atoms with E-state index >= 15 is 4.39 Å². The molecule has 2 N–H and O–H groups in total. The number of pyridine rings is 1. The molecule has 0 spiro atoms. The maximum Gasteiger partial charge on any atom is 0.341 e. The number of benzene rings is 1. The van der Waals surface area contributed by atoms with Crippen LogP contribution in [0.4, 0.5) is 4.39 Å². The Balaban J connectivity index is 1.72. The minimum atomic E-state index is -1.30. The predicted molar refractivity (Wildman–Crippen MR) is 114 cm³/mol. The lowest BCUT2D eigenvalue weighted by Crippen LogP contribution is -2.26. The number of nitrogens with zero attached hydrogens (tertiary/aromatic N) is 1. The summed E-state index contributed by atoms with van der Waals surface area (Å²) in [6.45, 7) is 4.07. The molecule has 156 valence electrons. The number of thiophene rings is 1. The van der Waals surface area contributed by atoms with Crippen LogP contribution in [-0.4, -0.2) is 20.7 Å². The van der Waals surface area contributed by atoms with Crippen LogP contribution < -0.4 is 5.43 Å². The van der Waals surface area contributed by atoms with E-state index in [-0.39, 0.29) is 22.4 Å². The first-order valence-electron chi connectivity index (χ1n) is 10.1. The van der Waals surface area contributed by atoms with Gasteiger partial charge in [-0.1, -0.05) is 13.8 Å². The maximum atomic E-state index is 15.1. The standard InChI is InChI=1S/C23H22FNO4S/c1-23(2)6-5-11-7-18(30-20(11)21(23)27)13-9-17-14(8-16(13)24)19(26)15(22(28)29)10-25(17)12-3-4-12/h7-10,12,21,27H,3-6H2,1-2H3,(H,28,29). The molecular weight excluding hydrogens is 405 g/mol. The lowest BCUT2D eigenvalue weighted by molar-refractivity contribution is 0.0373. The van der Waals surface area contributed by atoms with E-state index in [4.69, 9.17) is 0 Å². The number of aryl methyl sites for hydroxylation is 1.